The average Bonchev–Trinajstić information content (AvgIpc) is 3.47. The van der Waals surface area contributed by atoms with Crippen molar-refractivity contribution >= 4 is 40.0 Å². The largest absolute Gasteiger partial charge is 0.356 e. The first-order chi connectivity index (χ1) is 12.1. The zero-order valence-electron chi connectivity index (χ0n) is 15.3. The molecule has 3 rings (SSSR count). The molecule has 146 valence electrons. The smallest absolute Gasteiger partial charge is 0.243 e. The summed E-state index contributed by atoms with van der Waals surface area (Å²) in [5.74, 6) is 1.53. The molecule has 0 radical (unpaired) electrons. The monoisotopic (exact) mass is 492 g/mol. The van der Waals surface area contributed by atoms with Crippen LogP contribution in [0.5, 0.6) is 0 Å². The SMILES string of the molecule is CN=C(NCc1cccc(S(=O)(=O)N2CCCCC2)c1)NCC1CC1.I. The van der Waals surface area contributed by atoms with E-state index in [9.17, 15) is 8.42 Å². The Morgan fingerprint density at radius 3 is 2.58 bits per heavy atom. The van der Waals surface area contributed by atoms with Crippen molar-refractivity contribution in [2.45, 2.75) is 43.5 Å². The summed E-state index contributed by atoms with van der Waals surface area (Å²) in [7, 11) is -1.63. The van der Waals surface area contributed by atoms with Gasteiger partial charge in [-0.1, -0.05) is 18.6 Å². The molecule has 1 saturated heterocycles. The zero-order chi connectivity index (χ0) is 17.7. The number of hydrogen-bond acceptors (Lipinski definition) is 3. The summed E-state index contributed by atoms with van der Waals surface area (Å²) in [5.41, 5.74) is 0.937. The Kier molecular flexibility index (Phi) is 8.15. The van der Waals surface area contributed by atoms with Crippen LogP contribution in [0.2, 0.25) is 0 Å². The maximum absolute atomic E-state index is 12.8. The molecule has 2 N–H and O–H groups in total. The molecule has 1 heterocycles. The molecule has 1 saturated carbocycles. The highest BCUT2D eigenvalue weighted by molar-refractivity contribution is 14.0. The van der Waals surface area contributed by atoms with Gasteiger partial charge in [0.1, 0.15) is 0 Å². The number of nitrogens with zero attached hydrogens (tertiary/aromatic N) is 2. The lowest BCUT2D eigenvalue weighted by Gasteiger charge is -2.26. The van der Waals surface area contributed by atoms with E-state index in [1.807, 2.05) is 12.1 Å². The Bertz CT molecular complexity index is 714. The second kappa shape index (κ2) is 9.89. The number of hydrogen-bond donors (Lipinski definition) is 2. The quantitative estimate of drug-likeness (QED) is 0.364. The van der Waals surface area contributed by atoms with E-state index < -0.39 is 10.0 Å². The highest BCUT2D eigenvalue weighted by Gasteiger charge is 2.26. The van der Waals surface area contributed by atoms with Gasteiger partial charge in [-0.15, -0.1) is 24.0 Å². The Hall–Kier alpha value is -0.870. The highest BCUT2D eigenvalue weighted by Crippen LogP contribution is 2.27. The summed E-state index contributed by atoms with van der Waals surface area (Å²) in [4.78, 5) is 4.60. The van der Waals surface area contributed by atoms with Crippen molar-refractivity contribution in [2.24, 2.45) is 10.9 Å². The summed E-state index contributed by atoms with van der Waals surface area (Å²) in [6.07, 6.45) is 5.59. The number of benzene rings is 1. The van der Waals surface area contributed by atoms with Crippen molar-refractivity contribution < 1.29 is 8.42 Å². The molecule has 1 aromatic carbocycles. The summed E-state index contributed by atoms with van der Waals surface area (Å²) < 4.78 is 27.2. The van der Waals surface area contributed by atoms with Gasteiger partial charge in [-0.25, -0.2) is 8.42 Å². The maximum Gasteiger partial charge on any atom is 0.243 e. The number of sulfonamides is 1. The molecule has 6 nitrogen and oxygen atoms in total. The number of piperidine rings is 1. The minimum absolute atomic E-state index is 0. The van der Waals surface area contributed by atoms with E-state index in [0.717, 1.165) is 43.2 Å². The fourth-order valence-electron chi connectivity index (χ4n) is 3.04. The van der Waals surface area contributed by atoms with Gasteiger partial charge in [-0.2, -0.15) is 4.31 Å². The van der Waals surface area contributed by atoms with Gasteiger partial charge in [0, 0.05) is 33.2 Å². The van der Waals surface area contributed by atoms with Crippen LogP contribution in [-0.4, -0.2) is 45.4 Å². The fourth-order valence-corrected chi connectivity index (χ4v) is 4.63. The van der Waals surface area contributed by atoms with Crippen LogP contribution in [0.3, 0.4) is 0 Å². The van der Waals surface area contributed by atoms with Gasteiger partial charge < -0.3 is 10.6 Å². The van der Waals surface area contributed by atoms with Crippen molar-refractivity contribution in [3.05, 3.63) is 29.8 Å². The van der Waals surface area contributed by atoms with Crippen molar-refractivity contribution in [3.8, 4) is 0 Å². The van der Waals surface area contributed by atoms with E-state index in [0.29, 0.717) is 24.5 Å². The highest BCUT2D eigenvalue weighted by atomic mass is 127. The third-order valence-electron chi connectivity index (χ3n) is 4.79. The third kappa shape index (κ3) is 5.82. The molecule has 0 atom stereocenters. The Balaban J connectivity index is 0.00000243. The lowest BCUT2D eigenvalue weighted by Crippen LogP contribution is -2.38. The van der Waals surface area contributed by atoms with Crippen LogP contribution >= 0.6 is 24.0 Å². The van der Waals surface area contributed by atoms with Gasteiger partial charge in [0.2, 0.25) is 10.0 Å². The Morgan fingerprint density at radius 1 is 1.19 bits per heavy atom. The minimum atomic E-state index is -3.38. The van der Waals surface area contributed by atoms with E-state index in [4.69, 9.17) is 0 Å². The Morgan fingerprint density at radius 2 is 1.92 bits per heavy atom. The molecule has 2 fully saturated rings. The molecule has 0 amide bonds. The van der Waals surface area contributed by atoms with Gasteiger partial charge >= 0.3 is 0 Å². The summed E-state index contributed by atoms with van der Waals surface area (Å²) >= 11 is 0. The van der Waals surface area contributed by atoms with E-state index in [1.165, 1.54) is 12.8 Å². The molecule has 0 aromatic heterocycles. The van der Waals surface area contributed by atoms with Crippen molar-refractivity contribution in [2.75, 3.05) is 26.7 Å². The molecule has 26 heavy (non-hydrogen) atoms. The van der Waals surface area contributed by atoms with Crippen LogP contribution in [-0.2, 0) is 16.6 Å². The summed E-state index contributed by atoms with van der Waals surface area (Å²) in [6, 6.07) is 7.21. The number of aliphatic imine (C=N–C) groups is 1. The molecule has 2 aliphatic rings. The van der Waals surface area contributed by atoms with Gasteiger partial charge in [-0.3, -0.25) is 4.99 Å². The van der Waals surface area contributed by atoms with E-state index >= 15 is 0 Å². The summed E-state index contributed by atoms with van der Waals surface area (Å²) in [6.45, 7) is 2.75. The number of nitrogens with one attached hydrogen (secondary N) is 2. The van der Waals surface area contributed by atoms with Crippen LogP contribution in [0.15, 0.2) is 34.2 Å². The van der Waals surface area contributed by atoms with Crippen molar-refractivity contribution in [1.82, 2.24) is 14.9 Å². The maximum atomic E-state index is 12.8. The van der Waals surface area contributed by atoms with Gasteiger partial charge in [-0.05, 0) is 49.3 Å². The van der Waals surface area contributed by atoms with Crippen molar-refractivity contribution in [1.29, 1.82) is 0 Å². The molecule has 1 aliphatic carbocycles. The summed E-state index contributed by atoms with van der Waals surface area (Å²) in [5, 5.41) is 6.57. The van der Waals surface area contributed by atoms with Gasteiger partial charge in [0.15, 0.2) is 5.96 Å². The van der Waals surface area contributed by atoms with E-state index in [-0.39, 0.29) is 24.0 Å². The average molecular weight is 492 g/mol. The first-order valence-corrected chi connectivity index (χ1v) is 10.6. The van der Waals surface area contributed by atoms with Crippen LogP contribution < -0.4 is 10.6 Å². The predicted molar refractivity (Wildman–Crippen MR) is 115 cm³/mol. The molecular formula is C18H29IN4O2S. The lowest BCUT2D eigenvalue weighted by molar-refractivity contribution is 0.346. The van der Waals surface area contributed by atoms with Crippen LogP contribution in [0.4, 0.5) is 0 Å². The molecule has 0 unspecified atom stereocenters. The predicted octanol–water partition coefficient (Wildman–Crippen LogP) is 2.55. The molecular weight excluding hydrogens is 463 g/mol. The fraction of sp³-hybridized carbons (Fsp3) is 0.611. The van der Waals surface area contributed by atoms with Gasteiger partial charge in [0.25, 0.3) is 0 Å². The first kappa shape index (κ1) is 21.4. The first-order valence-electron chi connectivity index (χ1n) is 9.13. The molecule has 1 aromatic rings. The topological polar surface area (TPSA) is 73.8 Å². The lowest BCUT2D eigenvalue weighted by atomic mass is 10.2. The van der Waals surface area contributed by atoms with E-state index in [2.05, 4.69) is 15.6 Å². The van der Waals surface area contributed by atoms with Crippen LogP contribution in [0.1, 0.15) is 37.7 Å². The molecule has 1 aliphatic heterocycles. The molecule has 0 bridgehead atoms. The van der Waals surface area contributed by atoms with Crippen molar-refractivity contribution in [3.63, 3.8) is 0 Å². The zero-order valence-corrected chi connectivity index (χ0v) is 18.4. The van der Waals surface area contributed by atoms with Crippen LogP contribution in [0, 0.1) is 5.92 Å². The van der Waals surface area contributed by atoms with Gasteiger partial charge in [0.05, 0.1) is 4.90 Å². The minimum Gasteiger partial charge on any atom is -0.356 e. The van der Waals surface area contributed by atoms with E-state index in [1.54, 1.807) is 23.5 Å². The standard InChI is InChI=1S/C18H28N4O2S.HI/c1-19-18(20-13-15-8-9-15)21-14-16-6-5-7-17(12-16)25(23,24)22-10-3-2-4-11-22;/h5-7,12,15H,2-4,8-11,13-14H2,1H3,(H2,19,20,21);1H. The molecule has 0 spiro atoms. The third-order valence-corrected chi connectivity index (χ3v) is 6.68. The normalized spacial score (nSPS) is 18.9. The number of rotatable bonds is 6. The van der Waals surface area contributed by atoms with Crippen LogP contribution in [0.25, 0.3) is 0 Å². The second-order valence-electron chi connectivity index (χ2n) is 6.86. The number of halogens is 1. The molecule has 8 heteroatoms. The Labute approximate surface area is 173 Å². The number of guanidine groups is 1. The second-order valence-corrected chi connectivity index (χ2v) is 8.80.